The van der Waals surface area contributed by atoms with Crippen molar-refractivity contribution in [3.63, 3.8) is 0 Å². The molecule has 23 heteroatoms. The minimum atomic E-state index is -3.32. The van der Waals surface area contributed by atoms with Crippen LogP contribution in [0.15, 0.2) is 0 Å². The summed E-state index contributed by atoms with van der Waals surface area (Å²) < 4.78 is 55.2. The highest BCUT2D eigenvalue weighted by Gasteiger charge is 2.48. The molecule has 0 aliphatic carbocycles. The predicted molar refractivity (Wildman–Crippen MR) is 214 cm³/mol. The Kier molecular flexibility index (Phi) is 30.7. The van der Waals surface area contributed by atoms with Crippen LogP contribution < -0.4 is 0 Å². The molecule has 47 heavy (non-hydrogen) atoms. The quantitative estimate of drug-likeness (QED) is 0.162. The highest BCUT2D eigenvalue weighted by atomic mass is 28.5. The van der Waals surface area contributed by atoms with Gasteiger partial charge in [-0.3, -0.25) is 0 Å². The second-order valence-electron chi connectivity index (χ2n) is 13.8. The van der Waals surface area contributed by atoms with Crippen molar-refractivity contribution >= 4 is 77.3 Å². The largest absolute Gasteiger partial charge is 0.496 e. The van der Waals surface area contributed by atoms with Gasteiger partial charge in [-0.2, -0.15) is 0 Å². The summed E-state index contributed by atoms with van der Waals surface area (Å²) in [6, 6.07) is 0. The van der Waals surface area contributed by atoms with Crippen LogP contribution in [0.3, 0.4) is 0 Å². The normalized spacial score (nSPS) is 14.4. The lowest BCUT2D eigenvalue weighted by atomic mass is 11.0. The van der Waals surface area contributed by atoms with Gasteiger partial charge in [-0.15, -0.1) is 0 Å². The van der Waals surface area contributed by atoms with Gasteiger partial charge in [0, 0.05) is 41.5 Å². The van der Waals surface area contributed by atoms with Gasteiger partial charge in [0.1, 0.15) is 0 Å². The van der Waals surface area contributed by atoms with Crippen molar-refractivity contribution in [2.24, 2.45) is 0 Å². The highest BCUT2D eigenvalue weighted by Crippen LogP contribution is 2.24. The number of rotatable bonds is 16. The summed E-state index contributed by atoms with van der Waals surface area (Å²) in [7, 11) is -15.5. The van der Waals surface area contributed by atoms with E-state index in [1.54, 1.807) is 61.2 Å². The Hall–Kier alpha value is 1.39. The molecule has 294 valence electrons. The standard InChI is InChI=1S/C11H34O6Si5.C6H20O4Si3.C4H12O3Si.C2H6.CH4.H2O/c1-13-19(5,6)15-21(9,10)17-22(11,12)16-20(7,8)14-18(2,3)4;1-11(2,7)9-13(5,6)10-12(3,4)8;1-5-8(4,6-2)7-3;1-2;;/h12H,1-11H3;7-8H,1-6H3;1-4H3;1-2H3;1H4;1H2. The lowest BCUT2D eigenvalue weighted by Gasteiger charge is -2.39. The summed E-state index contributed by atoms with van der Waals surface area (Å²) in [5.41, 5.74) is 0. The van der Waals surface area contributed by atoms with Crippen LogP contribution in [0.2, 0.25) is 111 Å². The van der Waals surface area contributed by atoms with Crippen LogP contribution in [-0.2, 0) is 42.4 Å². The first-order chi connectivity index (χ1) is 19.5. The molecular weight excluding hydrogens is 765 g/mol. The summed E-state index contributed by atoms with van der Waals surface area (Å²) in [5.74, 6) is 0. The Labute approximate surface area is 299 Å². The minimum absolute atomic E-state index is 0. The molecule has 5 N–H and O–H groups in total. The van der Waals surface area contributed by atoms with Crippen molar-refractivity contribution in [3.05, 3.63) is 0 Å². The molecular formula is C24H78O14Si9. The first kappa shape index (κ1) is 60.5. The number of hydrogen-bond donors (Lipinski definition) is 3. The number of hydrogen-bond acceptors (Lipinski definition) is 13. The van der Waals surface area contributed by atoms with Gasteiger partial charge in [0.25, 0.3) is 0 Å². The topological polar surface area (TPSA) is 184 Å². The molecule has 0 fully saturated rings. The van der Waals surface area contributed by atoms with Crippen LogP contribution in [0.4, 0.5) is 0 Å². The first-order valence-corrected chi connectivity index (χ1v) is 39.9. The van der Waals surface area contributed by atoms with Gasteiger partial charge in [-0.05, 0) is 98.2 Å². The third-order valence-electron chi connectivity index (χ3n) is 4.51. The molecule has 0 spiro atoms. The first-order valence-electron chi connectivity index (χ1n) is 15.1. The maximum absolute atomic E-state index is 10.6. The summed E-state index contributed by atoms with van der Waals surface area (Å²) in [4.78, 5) is 29.8. The fourth-order valence-corrected chi connectivity index (χ4v) is 34.4. The molecule has 0 aromatic heterocycles. The Morgan fingerprint density at radius 3 is 0.809 bits per heavy atom. The Morgan fingerprint density at radius 1 is 0.362 bits per heavy atom. The Bertz CT molecular complexity index is 756. The van der Waals surface area contributed by atoms with Crippen LogP contribution in [0, 0.1) is 0 Å². The van der Waals surface area contributed by atoms with Crippen molar-refractivity contribution in [1.82, 2.24) is 0 Å². The molecule has 1 atom stereocenters. The van der Waals surface area contributed by atoms with E-state index in [9.17, 15) is 14.4 Å². The van der Waals surface area contributed by atoms with E-state index in [4.69, 9.17) is 42.4 Å². The lowest BCUT2D eigenvalue weighted by Crippen LogP contribution is -2.60. The average Bonchev–Trinajstić information content (AvgIpc) is 2.73. The van der Waals surface area contributed by atoms with E-state index in [1.165, 1.54) is 0 Å². The summed E-state index contributed by atoms with van der Waals surface area (Å²) >= 11 is 0. The molecule has 0 rings (SSSR count). The Balaban J connectivity index is -0.000000143. The maximum Gasteiger partial charge on any atom is 0.496 e. The van der Waals surface area contributed by atoms with Crippen molar-refractivity contribution in [2.75, 3.05) is 28.4 Å². The molecule has 0 bridgehead atoms. The van der Waals surface area contributed by atoms with Crippen LogP contribution in [-0.4, -0.2) is 126 Å². The van der Waals surface area contributed by atoms with Crippen LogP contribution in [0.5, 0.6) is 0 Å². The van der Waals surface area contributed by atoms with Crippen molar-refractivity contribution in [3.8, 4) is 0 Å². The SMILES string of the molecule is C.CC.CO[Si](C)(C)O[Si](C)(C)O[Si](C)(O)O[Si](C)(C)O[Si](C)(C)C.CO[Si](C)(OC)OC.C[Si](C)(O)O[Si](C)(C)O[Si](C)(C)O.O. The Morgan fingerprint density at radius 2 is 0.617 bits per heavy atom. The van der Waals surface area contributed by atoms with Crippen LogP contribution in [0.25, 0.3) is 0 Å². The second-order valence-corrected chi connectivity index (χ2v) is 45.1. The van der Waals surface area contributed by atoms with Gasteiger partial charge in [-0.25, -0.2) is 0 Å². The zero-order valence-corrected chi connectivity index (χ0v) is 42.4. The molecule has 0 aromatic carbocycles. The fourth-order valence-electron chi connectivity index (χ4n) is 3.82. The van der Waals surface area contributed by atoms with E-state index >= 15 is 0 Å². The third kappa shape index (κ3) is 40.0. The zero-order chi connectivity index (χ0) is 37.6. The summed E-state index contributed by atoms with van der Waals surface area (Å²) in [6.07, 6.45) is 0. The maximum atomic E-state index is 10.6. The van der Waals surface area contributed by atoms with E-state index < -0.39 is 77.3 Å². The van der Waals surface area contributed by atoms with Gasteiger partial charge >= 0.3 is 69.0 Å². The molecule has 0 amide bonds. The van der Waals surface area contributed by atoms with E-state index in [2.05, 4.69) is 19.6 Å². The zero-order valence-electron chi connectivity index (χ0n) is 33.4. The van der Waals surface area contributed by atoms with E-state index in [1.807, 2.05) is 72.8 Å². The monoisotopic (exact) mass is 842 g/mol. The predicted octanol–water partition coefficient (Wildman–Crippen LogP) is 5.64. The molecule has 0 radical (unpaired) electrons. The van der Waals surface area contributed by atoms with Crippen molar-refractivity contribution < 1.29 is 62.3 Å². The van der Waals surface area contributed by atoms with Crippen LogP contribution >= 0.6 is 0 Å². The molecule has 1 unspecified atom stereocenters. The van der Waals surface area contributed by atoms with Crippen molar-refractivity contribution in [1.29, 1.82) is 0 Å². The van der Waals surface area contributed by atoms with E-state index in [0.717, 1.165) is 0 Å². The van der Waals surface area contributed by atoms with Crippen molar-refractivity contribution in [2.45, 2.75) is 133 Å². The van der Waals surface area contributed by atoms with E-state index in [0.29, 0.717) is 0 Å². The smallest absolute Gasteiger partial charge is 0.437 e. The van der Waals surface area contributed by atoms with Gasteiger partial charge < -0.3 is 62.3 Å². The molecule has 14 nitrogen and oxygen atoms in total. The molecule has 0 aliphatic rings. The van der Waals surface area contributed by atoms with Gasteiger partial charge in [0.05, 0.1) is 0 Å². The third-order valence-corrected chi connectivity index (χ3v) is 31.0. The van der Waals surface area contributed by atoms with Gasteiger partial charge in [0.15, 0.2) is 8.32 Å². The van der Waals surface area contributed by atoms with E-state index in [-0.39, 0.29) is 12.9 Å². The molecule has 0 aromatic rings. The van der Waals surface area contributed by atoms with Gasteiger partial charge in [-0.1, -0.05) is 21.3 Å². The van der Waals surface area contributed by atoms with Gasteiger partial charge in [0.2, 0.25) is 0 Å². The lowest BCUT2D eigenvalue weighted by molar-refractivity contribution is 0.132. The average molecular weight is 844 g/mol. The minimum Gasteiger partial charge on any atom is -0.437 e. The summed E-state index contributed by atoms with van der Waals surface area (Å²) in [6.45, 7) is 35.8. The summed E-state index contributed by atoms with van der Waals surface area (Å²) in [5, 5.41) is 0. The second kappa shape index (κ2) is 23.9. The molecule has 0 saturated heterocycles. The molecule has 0 heterocycles. The fraction of sp³-hybridized carbons (Fsp3) is 1.00. The highest BCUT2D eigenvalue weighted by molar-refractivity contribution is 6.88. The molecule has 0 aliphatic heterocycles. The molecule has 0 saturated carbocycles. The van der Waals surface area contributed by atoms with Crippen LogP contribution in [0.1, 0.15) is 21.3 Å².